The maximum atomic E-state index is 12.5. The summed E-state index contributed by atoms with van der Waals surface area (Å²) in [6.45, 7) is 11.7. The summed E-state index contributed by atoms with van der Waals surface area (Å²) in [7, 11) is 3.44. The number of carbonyl (C=O) groups excluding carboxylic acids is 1. The molecular formula is C20H30N4O2. The molecule has 1 amide bonds. The van der Waals surface area contributed by atoms with E-state index in [0.29, 0.717) is 17.3 Å². The molecule has 1 aromatic rings. The number of pyridine rings is 1. The van der Waals surface area contributed by atoms with E-state index >= 15 is 0 Å². The van der Waals surface area contributed by atoms with Gasteiger partial charge in [-0.05, 0) is 64.3 Å². The Balaban J connectivity index is 3.12. The lowest BCUT2D eigenvalue weighted by atomic mass is 10.0. The number of aromatic nitrogens is 1. The molecule has 4 N–H and O–H groups in total. The van der Waals surface area contributed by atoms with Crippen molar-refractivity contribution in [1.82, 2.24) is 10.3 Å². The lowest BCUT2D eigenvalue weighted by Gasteiger charge is -2.14. The summed E-state index contributed by atoms with van der Waals surface area (Å²) in [5.74, 6) is 0.149. The number of carbonyl (C=O) groups is 1. The van der Waals surface area contributed by atoms with Crippen LogP contribution in [0.4, 0.5) is 5.69 Å². The molecule has 6 nitrogen and oxygen atoms in total. The van der Waals surface area contributed by atoms with E-state index in [1.54, 1.807) is 19.3 Å². The summed E-state index contributed by atoms with van der Waals surface area (Å²) in [4.78, 5) is 16.8. The molecule has 0 aromatic carbocycles. The highest BCUT2D eigenvalue weighted by molar-refractivity contribution is 6.04. The number of methoxy groups -OCH3 is 1. The zero-order valence-electron chi connectivity index (χ0n) is 17.0. The van der Waals surface area contributed by atoms with Gasteiger partial charge in [-0.1, -0.05) is 5.57 Å². The molecule has 0 fully saturated rings. The smallest absolute Gasteiger partial charge is 0.271 e. The molecule has 0 saturated carbocycles. The van der Waals surface area contributed by atoms with E-state index in [1.165, 1.54) is 0 Å². The standard InChI is InChI=1S/C20H30N4O2/c1-11(2)18(22-7)14(5)12(3)9-16(21)20(25)24-19-13(4)10-17(26-8)23-15(19)6/h9-10,22H,21H2,1-8H3,(H,24,25)/b14-12+,16-9-. The fourth-order valence-electron chi connectivity index (χ4n) is 2.69. The fourth-order valence-corrected chi connectivity index (χ4v) is 2.69. The highest BCUT2D eigenvalue weighted by Gasteiger charge is 2.13. The predicted molar refractivity (Wildman–Crippen MR) is 107 cm³/mol. The Kier molecular flexibility index (Phi) is 7.43. The molecule has 1 rings (SSSR count). The molecular weight excluding hydrogens is 328 g/mol. The fraction of sp³-hybridized carbons (Fsp3) is 0.400. The van der Waals surface area contributed by atoms with E-state index in [0.717, 1.165) is 28.0 Å². The summed E-state index contributed by atoms with van der Waals surface area (Å²) in [6, 6.07) is 1.77. The third-order valence-corrected chi connectivity index (χ3v) is 4.17. The van der Waals surface area contributed by atoms with Gasteiger partial charge in [0.1, 0.15) is 0 Å². The molecule has 1 heterocycles. The lowest BCUT2D eigenvalue weighted by Crippen LogP contribution is -2.21. The van der Waals surface area contributed by atoms with E-state index in [-0.39, 0.29) is 11.6 Å². The number of allylic oxidation sites excluding steroid dienone is 4. The first kappa shape index (κ1) is 21.3. The Morgan fingerprint density at radius 3 is 2.31 bits per heavy atom. The first-order valence-electron chi connectivity index (χ1n) is 8.46. The molecule has 0 aliphatic rings. The third-order valence-electron chi connectivity index (χ3n) is 4.17. The minimum atomic E-state index is -0.362. The SMILES string of the molecule is CNC(=C(C)C)/C(C)=C(C)/C=C(\N)C(=O)Nc1c(C)cc(OC)nc1C. The summed E-state index contributed by atoms with van der Waals surface area (Å²) >= 11 is 0. The summed E-state index contributed by atoms with van der Waals surface area (Å²) in [5.41, 5.74) is 12.5. The number of hydrogen-bond donors (Lipinski definition) is 3. The Morgan fingerprint density at radius 1 is 1.23 bits per heavy atom. The second-order valence-electron chi connectivity index (χ2n) is 6.43. The van der Waals surface area contributed by atoms with Crippen molar-refractivity contribution in [2.75, 3.05) is 19.5 Å². The number of amides is 1. The number of likely N-dealkylation sites (N-methyl/N-ethyl adjacent to an activating group) is 1. The number of ether oxygens (including phenoxy) is 1. The van der Waals surface area contributed by atoms with Gasteiger partial charge in [0.15, 0.2) is 0 Å². The summed E-state index contributed by atoms with van der Waals surface area (Å²) in [5, 5.41) is 6.02. The number of nitrogens with zero attached hydrogens (tertiary/aromatic N) is 1. The number of aryl methyl sites for hydroxylation is 2. The van der Waals surface area contributed by atoms with Crippen LogP contribution < -0.4 is 21.1 Å². The van der Waals surface area contributed by atoms with Crippen LogP contribution in [0, 0.1) is 13.8 Å². The molecule has 0 aliphatic heterocycles. The second kappa shape index (κ2) is 9.08. The molecule has 0 atom stereocenters. The molecule has 0 bridgehead atoms. The van der Waals surface area contributed by atoms with E-state index in [1.807, 2.05) is 48.6 Å². The van der Waals surface area contributed by atoms with Gasteiger partial charge in [0.2, 0.25) is 5.88 Å². The van der Waals surface area contributed by atoms with Crippen LogP contribution in [0.5, 0.6) is 5.88 Å². The van der Waals surface area contributed by atoms with Crippen molar-refractivity contribution >= 4 is 11.6 Å². The average Bonchev–Trinajstić information content (AvgIpc) is 2.57. The van der Waals surface area contributed by atoms with E-state index in [4.69, 9.17) is 10.5 Å². The van der Waals surface area contributed by atoms with Crippen LogP contribution in [0.1, 0.15) is 39.0 Å². The summed E-state index contributed by atoms with van der Waals surface area (Å²) < 4.78 is 5.14. The topological polar surface area (TPSA) is 89.3 Å². The van der Waals surface area contributed by atoms with Crippen molar-refractivity contribution in [2.24, 2.45) is 5.73 Å². The molecule has 0 unspecified atom stereocenters. The van der Waals surface area contributed by atoms with E-state index in [2.05, 4.69) is 15.6 Å². The van der Waals surface area contributed by atoms with Crippen molar-refractivity contribution < 1.29 is 9.53 Å². The van der Waals surface area contributed by atoms with Crippen LogP contribution >= 0.6 is 0 Å². The normalized spacial score (nSPS) is 12.2. The number of anilines is 1. The molecule has 1 aromatic heterocycles. The van der Waals surface area contributed by atoms with E-state index in [9.17, 15) is 4.79 Å². The molecule has 142 valence electrons. The van der Waals surface area contributed by atoms with Gasteiger partial charge in [-0.15, -0.1) is 0 Å². The van der Waals surface area contributed by atoms with Gasteiger partial charge >= 0.3 is 0 Å². The largest absolute Gasteiger partial charge is 0.481 e. The zero-order chi connectivity index (χ0) is 20.0. The maximum Gasteiger partial charge on any atom is 0.271 e. The highest BCUT2D eigenvalue weighted by atomic mass is 16.5. The highest BCUT2D eigenvalue weighted by Crippen LogP contribution is 2.23. The Hall–Kier alpha value is -2.76. The van der Waals surface area contributed by atoms with Gasteiger partial charge in [-0.3, -0.25) is 4.79 Å². The molecule has 0 saturated heterocycles. The van der Waals surface area contributed by atoms with Crippen molar-refractivity contribution in [3.63, 3.8) is 0 Å². The summed E-state index contributed by atoms with van der Waals surface area (Å²) in [6.07, 6.45) is 1.69. The van der Waals surface area contributed by atoms with E-state index < -0.39 is 0 Å². The second-order valence-corrected chi connectivity index (χ2v) is 6.43. The van der Waals surface area contributed by atoms with Crippen LogP contribution in [0.15, 0.2) is 40.3 Å². The van der Waals surface area contributed by atoms with Crippen molar-refractivity contribution in [2.45, 2.75) is 41.5 Å². The van der Waals surface area contributed by atoms with Crippen LogP contribution in [-0.4, -0.2) is 25.0 Å². The number of nitrogens with one attached hydrogen (secondary N) is 2. The zero-order valence-corrected chi connectivity index (χ0v) is 17.0. The number of nitrogens with two attached hydrogens (primary N) is 1. The average molecular weight is 358 g/mol. The minimum absolute atomic E-state index is 0.140. The number of hydrogen-bond acceptors (Lipinski definition) is 5. The molecule has 0 spiro atoms. The van der Waals surface area contributed by atoms with Crippen LogP contribution in [0.3, 0.4) is 0 Å². The van der Waals surface area contributed by atoms with Crippen LogP contribution in [0.25, 0.3) is 0 Å². The van der Waals surface area contributed by atoms with Crippen molar-refractivity contribution in [3.8, 4) is 5.88 Å². The molecule has 0 aliphatic carbocycles. The van der Waals surface area contributed by atoms with Crippen molar-refractivity contribution in [3.05, 3.63) is 51.5 Å². The van der Waals surface area contributed by atoms with Crippen molar-refractivity contribution in [1.29, 1.82) is 0 Å². The van der Waals surface area contributed by atoms with Gasteiger partial charge in [0, 0.05) is 18.8 Å². The van der Waals surface area contributed by atoms with Gasteiger partial charge in [0.05, 0.1) is 24.2 Å². The quantitative estimate of drug-likeness (QED) is 0.536. The minimum Gasteiger partial charge on any atom is -0.481 e. The van der Waals surface area contributed by atoms with Gasteiger partial charge in [0.25, 0.3) is 5.91 Å². The van der Waals surface area contributed by atoms with Gasteiger partial charge in [-0.2, -0.15) is 0 Å². The Labute approximate surface area is 156 Å². The van der Waals surface area contributed by atoms with Crippen LogP contribution in [0.2, 0.25) is 0 Å². The monoisotopic (exact) mass is 358 g/mol. The predicted octanol–water partition coefficient (Wildman–Crippen LogP) is 3.34. The van der Waals surface area contributed by atoms with Gasteiger partial charge in [-0.25, -0.2) is 4.98 Å². The lowest BCUT2D eigenvalue weighted by molar-refractivity contribution is -0.112. The molecule has 0 radical (unpaired) electrons. The third kappa shape index (κ3) is 5.12. The first-order chi connectivity index (χ1) is 12.1. The van der Waals surface area contributed by atoms with Gasteiger partial charge < -0.3 is 21.1 Å². The Morgan fingerprint density at radius 2 is 1.85 bits per heavy atom. The molecule has 6 heteroatoms. The van der Waals surface area contributed by atoms with Crippen LogP contribution in [-0.2, 0) is 4.79 Å². The first-order valence-corrected chi connectivity index (χ1v) is 8.46. The Bertz CT molecular complexity index is 762. The molecule has 26 heavy (non-hydrogen) atoms. The number of rotatable bonds is 6. The maximum absolute atomic E-state index is 12.5.